The van der Waals surface area contributed by atoms with Crippen LogP contribution in [0.5, 0.6) is 0 Å². The highest BCUT2D eigenvalue weighted by Crippen LogP contribution is 2.20. The summed E-state index contributed by atoms with van der Waals surface area (Å²) in [6, 6.07) is 0. The molecule has 1 heteroatoms. The molecule has 2 atom stereocenters. The molecule has 0 radical (unpaired) electrons. The van der Waals surface area contributed by atoms with E-state index in [0.29, 0.717) is 0 Å². The number of terminal acetylenes is 1. The van der Waals surface area contributed by atoms with Gasteiger partial charge in [-0.1, -0.05) is 52.4 Å². The van der Waals surface area contributed by atoms with Gasteiger partial charge in [0, 0.05) is 0 Å². The predicted molar refractivity (Wildman–Crippen MR) is 71.2 cm³/mol. The van der Waals surface area contributed by atoms with Gasteiger partial charge >= 0.3 is 0 Å². The summed E-state index contributed by atoms with van der Waals surface area (Å²) in [5.41, 5.74) is -0.905. The Bertz CT molecular complexity index is 210. The number of rotatable bonds is 8. The Morgan fingerprint density at radius 1 is 1.12 bits per heavy atom. The molecule has 1 nitrogen and oxygen atoms in total. The molecule has 0 saturated carbocycles. The molecule has 0 aliphatic carbocycles. The van der Waals surface area contributed by atoms with Crippen LogP contribution in [-0.2, 0) is 0 Å². The van der Waals surface area contributed by atoms with Crippen molar-refractivity contribution in [3.8, 4) is 12.3 Å². The lowest BCUT2D eigenvalue weighted by atomic mass is 9.92. The molecule has 0 fully saturated rings. The van der Waals surface area contributed by atoms with Crippen LogP contribution in [0.4, 0.5) is 0 Å². The van der Waals surface area contributed by atoms with E-state index in [-0.39, 0.29) is 0 Å². The molecule has 0 spiro atoms. The van der Waals surface area contributed by atoms with Crippen molar-refractivity contribution in [2.24, 2.45) is 11.8 Å². The third-order valence-corrected chi connectivity index (χ3v) is 3.15. The Balaban J connectivity index is 3.52. The first-order valence-corrected chi connectivity index (χ1v) is 6.57. The zero-order valence-electron chi connectivity index (χ0n) is 11.4. The van der Waals surface area contributed by atoms with Crippen LogP contribution in [0.3, 0.4) is 0 Å². The van der Waals surface area contributed by atoms with Gasteiger partial charge in [0.25, 0.3) is 0 Å². The molecule has 1 N–H and O–H groups in total. The Hall–Kier alpha value is -0.480. The zero-order valence-corrected chi connectivity index (χ0v) is 11.4. The minimum Gasteiger partial charge on any atom is -0.378 e. The number of aliphatic hydroxyl groups is 1. The average Bonchev–Trinajstić information content (AvgIpc) is 2.17. The SMILES string of the molecule is C#C[C@](C)(O)CCC[C@H](C)CCCC(C)C. The van der Waals surface area contributed by atoms with E-state index < -0.39 is 5.60 Å². The van der Waals surface area contributed by atoms with Crippen molar-refractivity contribution in [1.82, 2.24) is 0 Å². The van der Waals surface area contributed by atoms with Crippen LogP contribution in [0, 0.1) is 24.2 Å². The van der Waals surface area contributed by atoms with Gasteiger partial charge in [0.1, 0.15) is 5.60 Å². The van der Waals surface area contributed by atoms with Crippen LogP contribution in [0.1, 0.15) is 66.2 Å². The highest BCUT2D eigenvalue weighted by molar-refractivity contribution is 5.03. The monoisotopic (exact) mass is 224 g/mol. The van der Waals surface area contributed by atoms with Crippen molar-refractivity contribution >= 4 is 0 Å². The molecule has 0 saturated heterocycles. The lowest BCUT2D eigenvalue weighted by Gasteiger charge is -2.17. The van der Waals surface area contributed by atoms with Crippen molar-refractivity contribution in [1.29, 1.82) is 0 Å². The first-order chi connectivity index (χ1) is 7.37. The molecule has 0 aromatic rings. The van der Waals surface area contributed by atoms with Crippen molar-refractivity contribution in [3.05, 3.63) is 0 Å². The quantitative estimate of drug-likeness (QED) is 0.618. The molecular formula is C15H28O. The van der Waals surface area contributed by atoms with Gasteiger partial charge in [-0.05, 0) is 31.6 Å². The van der Waals surface area contributed by atoms with E-state index in [1.54, 1.807) is 6.92 Å². The van der Waals surface area contributed by atoms with Crippen LogP contribution >= 0.6 is 0 Å². The molecular weight excluding hydrogens is 196 g/mol. The largest absolute Gasteiger partial charge is 0.378 e. The fourth-order valence-corrected chi connectivity index (χ4v) is 1.89. The van der Waals surface area contributed by atoms with Crippen LogP contribution in [0.15, 0.2) is 0 Å². The molecule has 0 rings (SSSR count). The fraction of sp³-hybridized carbons (Fsp3) is 0.867. The minimum absolute atomic E-state index is 0.720. The van der Waals surface area contributed by atoms with Gasteiger partial charge in [-0.3, -0.25) is 0 Å². The maximum Gasteiger partial charge on any atom is 0.122 e. The first-order valence-electron chi connectivity index (χ1n) is 6.57. The summed E-state index contributed by atoms with van der Waals surface area (Å²) in [6.45, 7) is 8.56. The van der Waals surface area contributed by atoms with Crippen LogP contribution in [0.2, 0.25) is 0 Å². The Kier molecular flexibility index (Phi) is 7.51. The summed E-state index contributed by atoms with van der Waals surface area (Å²) < 4.78 is 0. The van der Waals surface area contributed by atoms with Crippen LogP contribution < -0.4 is 0 Å². The van der Waals surface area contributed by atoms with Gasteiger partial charge in [-0.25, -0.2) is 0 Å². The summed E-state index contributed by atoms with van der Waals surface area (Å²) >= 11 is 0. The van der Waals surface area contributed by atoms with Gasteiger partial charge in [0.15, 0.2) is 0 Å². The standard InChI is InChI=1S/C15H28O/c1-6-15(5,16)12-8-11-14(4)10-7-9-13(2)3/h1,13-14,16H,7-12H2,2-5H3/t14-,15+/m1/s1. The number of hydrogen-bond acceptors (Lipinski definition) is 1. The molecule has 0 unspecified atom stereocenters. The molecule has 0 aromatic heterocycles. The second-order valence-corrected chi connectivity index (χ2v) is 5.74. The van der Waals surface area contributed by atoms with Crippen molar-refractivity contribution in [2.75, 3.05) is 0 Å². The molecule has 0 amide bonds. The fourth-order valence-electron chi connectivity index (χ4n) is 1.89. The van der Waals surface area contributed by atoms with E-state index in [4.69, 9.17) is 6.42 Å². The average molecular weight is 224 g/mol. The van der Waals surface area contributed by atoms with E-state index in [1.807, 2.05) is 0 Å². The van der Waals surface area contributed by atoms with E-state index in [0.717, 1.165) is 24.7 Å². The van der Waals surface area contributed by atoms with E-state index in [2.05, 4.69) is 26.7 Å². The maximum atomic E-state index is 9.65. The highest BCUT2D eigenvalue weighted by atomic mass is 16.3. The molecule has 0 aliphatic heterocycles. The molecule has 0 heterocycles. The molecule has 0 bridgehead atoms. The second kappa shape index (κ2) is 7.74. The van der Waals surface area contributed by atoms with Crippen molar-refractivity contribution in [3.63, 3.8) is 0 Å². The Morgan fingerprint density at radius 2 is 1.69 bits per heavy atom. The summed E-state index contributed by atoms with van der Waals surface area (Å²) in [6.07, 6.45) is 12.1. The number of hydrogen-bond donors (Lipinski definition) is 1. The summed E-state index contributed by atoms with van der Waals surface area (Å²) in [5.74, 6) is 4.00. The second-order valence-electron chi connectivity index (χ2n) is 5.74. The van der Waals surface area contributed by atoms with E-state index in [9.17, 15) is 5.11 Å². The first kappa shape index (κ1) is 15.5. The smallest absolute Gasteiger partial charge is 0.122 e. The van der Waals surface area contributed by atoms with Crippen LogP contribution in [-0.4, -0.2) is 10.7 Å². The third kappa shape index (κ3) is 8.80. The molecule has 0 aromatic carbocycles. The molecule has 94 valence electrons. The topological polar surface area (TPSA) is 20.2 Å². The Labute approximate surface area is 102 Å². The summed E-state index contributed by atoms with van der Waals surface area (Å²) in [5, 5.41) is 9.65. The lowest BCUT2D eigenvalue weighted by Crippen LogP contribution is -2.20. The Morgan fingerprint density at radius 3 is 2.19 bits per heavy atom. The predicted octanol–water partition coefficient (Wildman–Crippen LogP) is 4.00. The van der Waals surface area contributed by atoms with E-state index in [1.165, 1.54) is 25.7 Å². The minimum atomic E-state index is -0.905. The maximum absolute atomic E-state index is 9.65. The summed E-state index contributed by atoms with van der Waals surface area (Å²) in [4.78, 5) is 0. The van der Waals surface area contributed by atoms with Crippen molar-refractivity contribution < 1.29 is 5.11 Å². The van der Waals surface area contributed by atoms with Gasteiger partial charge < -0.3 is 5.11 Å². The normalized spacial score (nSPS) is 16.8. The van der Waals surface area contributed by atoms with Gasteiger partial charge in [-0.2, -0.15) is 0 Å². The van der Waals surface area contributed by atoms with Gasteiger partial charge in [-0.15, -0.1) is 6.42 Å². The lowest BCUT2D eigenvalue weighted by molar-refractivity contribution is 0.107. The zero-order chi connectivity index (χ0) is 12.6. The molecule has 16 heavy (non-hydrogen) atoms. The van der Waals surface area contributed by atoms with Gasteiger partial charge in [0.05, 0.1) is 0 Å². The summed E-state index contributed by atoms with van der Waals surface area (Å²) in [7, 11) is 0. The molecule has 0 aliphatic rings. The van der Waals surface area contributed by atoms with Gasteiger partial charge in [0.2, 0.25) is 0 Å². The third-order valence-electron chi connectivity index (χ3n) is 3.15. The van der Waals surface area contributed by atoms with Crippen molar-refractivity contribution in [2.45, 2.75) is 71.8 Å². The van der Waals surface area contributed by atoms with E-state index >= 15 is 0 Å². The van der Waals surface area contributed by atoms with Crippen LogP contribution in [0.25, 0.3) is 0 Å². The highest BCUT2D eigenvalue weighted by Gasteiger charge is 2.15.